The zero-order chi connectivity index (χ0) is 15.2. The number of hydrogen-bond donors (Lipinski definition) is 1. The summed E-state index contributed by atoms with van der Waals surface area (Å²) in [7, 11) is 0. The molecule has 0 saturated heterocycles. The van der Waals surface area contributed by atoms with Crippen LogP contribution in [0.4, 0.5) is 10.2 Å². The first-order valence-corrected chi connectivity index (χ1v) is 7.00. The molecule has 2 heterocycles. The molecule has 0 aliphatic carbocycles. The van der Waals surface area contributed by atoms with Gasteiger partial charge in [0, 0.05) is 17.9 Å². The number of benzene rings is 1. The molecule has 0 bridgehead atoms. The Morgan fingerprint density at radius 2 is 2.14 bits per heavy atom. The van der Waals surface area contributed by atoms with Gasteiger partial charge in [0.05, 0.1) is 11.7 Å². The highest BCUT2D eigenvalue weighted by molar-refractivity contribution is 5.94. The van der Waals surface area contributed by atoms with Gasteiger partial charge in [0.15, 0.2) is 0 Å². The predicted molar refractivity (Wildman–Crippen MR) is 78.7 cm³/mol. The maximum atomic E-state index is 13.5. The van der Waals surface area contributed by atoms with E-state index in [0.717, 1.165) is 11.1 Å². The Morgan fingerprint density at radius 3 is 2.81 bits per heavy atom. The third kappa shape index (κ3) is 2.44. The van der Waals surface area contributed by atoms with Gasteiger partial charge in [-0.25, -0.2) is 9.07 Å². The van der Waals surface area contributed by atoms with E-state index in [4.69, 9.17) is 0 Å². The van der Waals surface area contributed by atoms with Gasteiger partial charge < -0.3 is 5.32 Å². The highest BCUT2D eigenvalue weighted by atomic mass is 19.1. The van der Waals surface area contributed by atoms with E-state index in [1.165, 1.54) is 12.1 Å². The second-order valence-corrected chi connectivity index (χ2v) is 6.39. The summed E-state index contributed by atoms with van der Waals surface area (Å²) in [6.45, 7) is 6.08. The van der Waals surface area contributed by atoms with Gasteiger partial charge in [-0.05, 0) is 38.5 Å². The lowest BCUT2D eigenvalue weighted by Gasteiger charge is -2.28. The number of fused-ring (bicyclic) bond motifs is 1. The quantitative estimate of drug-likeness (QED) is 0.875. The average molecular weight is 287 g/mol. The third-order valence-electron chi connectivity index (χ3n) is 3.71. The van der Waals surface area contributed by atoms with E-state index in [1.807, 2.05) is 31.5 Å². The van der Waals surface area contributed by atoms with E-state index in [1.54, 1.807) is 12.3 Å². The molecule has 1 aromatic heterocycles. The van der Waals surface area contributed by atoms with Crippen molar-refractivity contribution in [1.82, 2.24) is 9.78 Å². The van der Waals surface area contributed by atoms with Gasteiger partial charge in [-0.1, -0.05) is 12.1 Å². The monoisotopic (exact) mass is 287 g/mol. The van der Waals surface area contributed by atoms with E-state index < -0.39 is 0 Å². The van der Waals surface area contributed by atoms with Crippen LogP contribution in [-0.4, -0.2) is 15.7 Å². The van der Waals surface area contributed by atoms with Crippen LogP contribution in [0, 0.1) is 5.82 Å². The summed E-state index contributed by atoms with van der Waals surface area (Å²) in [5.74, 6) is 0.208. The largest absolute Gasteiger partial charge is 0.311 e. The second kappa shape index (κ2) is 4.69. The van der Waals surface area contributed by atoms with Gasteiger partial charge in [-0.3, -0.25) is 4.79 Å². The number of rotatable bonds is 1. The smallest absolute Gasteiger partial charge is 0.226 e. The molecule has 1 aromatic carbocycles. The normalized spacial score (nSPS) is 18.3. The topological polar surface area (TPSA) is 46.9 Å². The molecule has 110 valence electrons. The Kier molecular flexibility index (Phi) is 3.08. The minimum absolute atomic E-state index is 0.0669. The van der Waals surface area contributed by atoms with Crippen molar-refractivity contribution in [3.8, 4) is 0 Å². The van der Waals surface area contributed by atoms with E-state index in [0.29, 0.717) is 12.2 Å². The maximum absolute atomic E-state index is 13.5. The molecule has 0 fully saturated rings. The van der Waals surface area contributed by atoms with Gasteiger partial charge in [0.25, 0.3) is 0 Å². The maximum Gasteiger partial charge on any atom is 0.226 e. The number of nitrogens with zero attached hydrogens (tertiary/aromatic N) is 2. The van der Waals surface area contributed by atoms with Crippen LogP contribution < -0.4 is 5.32 Å². The summed E-state index contributed by atoms with van der Waals surface area (Å²) in [4.78, 5) is 12.0. The van der Waals surface area contributed by atoms with Crippen molar-refractivity contribution in [2.24, 2.45) is 0 Å². The summed E-state index contributed by atoms with van der Waals surface area (Å²) < 4.78 is 15.3. The molecular weight excluding hydrogens is 269 g/mol. The first kappa shape index (κ1) is 13.8. The van der Waals surface area contributed by atoms with Crippen molar-refractivity contribution in [1.29, 1.82) is 0 Å². The van der Waals surface area contributed by atoms with Crippen molar-refractivity contribution < 1.29 is 9.18 Å². The van der Waals surface area contributed by atoms with Crippen molar-refractivity contribution in [3.05, 3.63) is 47.4 Å². The Balaban J connectivity index is 2.11. The van der Waals surface area contributed by atoms with Crippen LogP contribution >= 0.6 is 0 Å². The van der Waals surface area contributed by atoms with Crippen LogP contribution in [0.3, 0.4) is 0 Å². The molecule has 1 aliphatic heterocycles. The van der Waals surface area contributed by atoms with Gasteiger partial charge in [0.2, 0.25) is 5.91 Å². The van der Waals surface area contributed by atoms with Crippen molar-refractivity contribution in [2.75, 3.05) is 5.32 Å². The fourth-order valence-electron chi connectivity index (χ4n) is 2.75. The average Bonchev–Trinajstić information content (AvgIpc) is 2.81. The fraction of sp³-hybridized carbons (Fsp3) is 0.375. The van der Waals surface area contributed by atoms with Crippen LogP contribution in [0.1, 0.15) is 44.2 Å². The number of anilines is 1. The minimum Gasteiger partial charge on any atom is -0.311 e. The molecule has 0 unspecified atom stereocenters. The third-order valence-corrected chi connectivity index (χ3v) is 3.71. The molecule has 4 nitrogen and oxygen atoms in total. The fourth-order valence-corrected chi connectivity index (χ4v) is 2.75. The van der Waals surface area contributed by atoms with Crippen molar-refractivity contribution in [2.45, 2.75) is 38.6 Å². The summed E-state index contributed by atoms with van der Waals surface area (Å²) in [6.07, 6.45) is 2.09. The predicted octanol–water partition coefficient (Wildman–Crippen LogP) is 3.25. The molecular formula is C16H18FN3O. The number of carbonyl (C=O) groups excluding carboxylic acids is 1. The Labute approximate surface area is 123 Å². The van der Waals surface area contributed by atoms with E-state index in [-0.39, 0.29) is 23.2 Å². The zero-order valence-corrected chi connectivity index (χ0v) is 12.4. The Morgan fingerprint density at radius 1 is 1.38 bits per heavy atom. The number of halogens is 1. The molecule has 0 saturated carbocycles. The Hall–Kier alpha value is -2.17. The molecule has 2 aromatic rings. The van der Waals surface area contributed by atoms with Gasteiger partial charge in [0.1, 0.15) is 11.6 Å². The highest BCUT2D eigenvalue weighted by Gasteiger charge is 2.32. The standard InChI is InChI=1S/C16H18FN3O/c1-16(2,3)20-15-13(9-18-20)12(8-14(21)19-15)10-5-4-6-11(17)7-10/h4-7,9,12H,8H2,1-3H3,(H,19,21)/t12-/m1/s1. The summed E-state index contributed by atoms with van der Waals surface area (Å²) in [6, 6.07) is 6.42. The lowest BCUT2D eigenvalue weighted by atomic mass is 9.87. The number of aromatic nitrogens is 2. The van der Waals surface area contributed by atoms with Crippen molar-refractivity contribution >= 4 is 11.7 Å². The molecule has 1 atom stereocenters. The molecule has 1 N–H and O–H groups in total. The van der Waals surface area contributed by atoms with Crippen LogP contribution in [0.5, 0.6) is 0 Å². The molecule has 1 aliphatic rings. The number of amides is 1. The molecule has 21 heavy (non-hydrogen) atoms. The zero-order valence-electron chi connectivity index (χ0n) is 12.4. The van der Waals surface area contributed by atoms with Crippen LogP contribution in [-0.2, 0) is 10.3 Å². The first-order chi connectivity index (χ1) is 9.86. The Bertz CT molecular complexity index is 700. The summed E-state index contributed by atoms with van der Waals surface area (Å²) in [5.41, 5.74) is 1.51. The first-order valence-electron chi connectivity index (χ1n) is 7.00. The molecule has 5 heteroatoms. The molecule has 0 spiro atoms. The van der Waals surface area contributed by atoms with Gasteiger partial charge >= 0.3 is 0 Å². The SMILES string of the molecule is CC(C)(C)n1ncc2c1NC(=O)C[C@@H]2c1cccc(F)c1. The van der Waals surface area contributed by atoms with Crippen LogP contribution in [0.2, 0.25) is 0 Å². The molecule has 3 rings (SSSR count). The van der Waals surface area contributed by atoms with E-state index in [2.05, 4.69) is 10.4 Å². The number of carbonyl (C=O) groups is 1. The van der Waals surface area contributed by atoms with Crippen molar-refractivity contribution in [3.63, 3.8) is 0 Å². The summed E-state index contributed by atoms with van der Waals surface area (Å²) >= 11 is 0. The second-order valence-electron chi connectivity index (χ2n) is 6.39. The summed E-state index contributed by atoms with van der Waals surface area (Å²) in [5, 5.41) is 7.31. The minimum atomic E-state index is -0.289. The van der Waals surface area contributed by atoms with Crippen LogP contribution in [0.25, 0.3) is 0 Å². The lowest BCUT2D eigenvalue weighted by molar-refractivity contribution is -0.116. The lowest BCUT2D eigenvalue weighted by Crippen LogP contribution is -2.30. The number of nitrogens with one attached hydrogen (secondary N) is 1. The molecule has 0 radical (unpaired) electrons. The van der Waals surface area contributed by atoms with Gasteiger partial charge in [-0.15, -0.1) is 0 Å². The van der Waals surface area contributed by atoms with Crippen LogP contribution in [0.15, 0.2) is 30.5 Å². The number of hydrogen-bond acceptors (Lipinski definition) is 2. The van der Waals surface area contributed by atoms with E-state index >= 15 is 0 Å². The molecule has 1 amide bonds. The van der Waals surface area contributed by atoms with E-state index in [9.17, 15) is 9.18 Å². The highest BCUT2D eigenvalue weighted by Crippen LogP contribution is 2.38. The van der Waals surface area contributed by atoms with Gasteiger partial charge in [-0.2, -0.15) is 5.10 Å².